The number of benzene rings is 2. The molecule has 116 valence electrons. The van der Waals surface area contributed by atoms with Gasteiger partial charge in [0.05, 0.1) is 6.61 Å². The molecule has 0 aromatic heterocycles. The van der Waals surface area contributed by atoms with Gasteiger partial charge in [-0.2, -0.15) is 0 Å². The van der Waals surface area contributed by atoms with E-state index in [1.807, 2.05) is 36.4 Å². The van der Waals surface area contributed by atoms with Crippen molar-refractivity contribution in [2.75, 3.05) is 25.0 Å². The molecule has 0 aliphatic heterocycles. The molecule has 3 N–H and O–H groups in total. The Kier molecular flexibility index (Phi) is 5.98. The molecular formula is C18H22N2O2. The molecular weight excluding hydrogens is 276 g/mol. The molecule has 0 aliphatic rings. The van der Waals surface area contributed by atoms with Crippen molar-refractivity contribution in [3.05, 3.63) is 65.7 Å². The first-order valence-corrected chi connectivity index (χ1v) is 7.48. The largest absolute Gasteiger partial charge is 0.395 e. The van der Waals surface area contributed by atoms with Crippen LogP contribution < -0.4 is 10.6 Å². The predicted molar refractivity (Wildman–Crippen MR) is 89.2 cm³/mol. The molecule has 22 heavy (non-hydrogen) atoms. The Morgan fingerprint density at radius 1 is 1.14 bits per heavy atom. The number of amides is 1. The van der Waals surface area contributed by atoms with Crippen molar-refractivity contribution in [2.24, 2.45) is 0 Å². The van der Waals surface area contributed by atoms with Gasteiger partial charge in [-0.15, -0.1) is 0 Å². The Balaban J connectivity index is 1.94. The smallest absolute Gasteiger partial charge is 0.251 e. The number of nitrogens with one attached hydrogen (secondary N) is 2. The maximum absolute atomic E-state index is 11.9. The molecule has 0 aliphatic carbocycles. The maximum atomic E-state index is 11.9. The molecule has 1 amide bonds. The average Bonchev–Trinajstić information content (AvgIpc) is 2.58. The summed E-state index contributed by atoms with van der Waals surface area (Å²) in [6.07, 6.45) is 0. The molecule has 2 aromatic carbocycles. The highest BCUT2D eigenvalue weighted by Gasteiger charge is 2.07. The van der Waals surface area contributed by atoms with E-state index in [0.29, 0.717) is 11.5 Å². The first-order valence-electron chi connectivity index (χ1n) is 7.48. The van der Waals surface area contributed by atoms with Gasteiger partial charge in [-0.05, 0) is 29.7 Å². The Labute approximate surface area is 131 Å². The summed E-state index contributed by atoms with van der Waals surface area (Å²) in [7, 11) is 0. The lowest BCUT2D eigenvalue weighted by Gasteiger charge is -2.14. The summed E-state index contributed by atoms with van der Waals surface area (Å²) < 4.78 is 0. The van der Waals surface area contributed by atoms with Gasteiger partial charge in [0.2, 0.25) is 0 Å². The summed E-state index contributed by atoms with van der Waals surface area (Å²) in [4.78, 5) is 11.9. The minimum absolute atomic E-state index is 0.0573. The Bertz CT molecular complexity index is 599. The minimum Gasteiger partial charge on any atom is -0.395 e. The van der Waals surface area contributed by atoms with Crippen LogP contribution >= 0.6 is 0 Å². The fraction of sp³-hybridized carbons (Fsp3) is 0.278. The number of carbonyl (C=O) groups is 1. The normalized spacial score (nSPS) is 11.7. The van der Waals surface area contributed by atoms with E-state index in [9.17, 15) is 4.79 Å². The van der Waals surface area contributed by atoms with E-state index in [2.05, 4.69) is 29.7 Å². The van der Waals surface area contributed by atoms with Gasteiger partial charge in [0.15, 0.2) is 0 Å². The third-order valence-electron chi connectivity index (χ3n) is 3.50. The van der Waals surface area contributed by atoms with Gasteiger partial charge in [-0.25, -0.2) is 0 Å². The molecule has 0 saturated carbocycles. The van der Waals surface area contributed by atoms with Crippen LogP contribution in [-0.2, 0) is 0 Å². The number of aliphatic hydroxyl groups is 1. The van der Waals surface area contributed by atoms with Gasteiger partial charge in [-0.3, -0.25) is 4.79 Å². The van der Waals surface area contributed by atoms with Crippen LogP contribution in [0.2, 0.25) is 0 Å². The summed E-state index contributed by atoms with van der Waals surface area (Å²) in [6.45, 7) is 3.17. The second-order valence-corrected chi connectivity index (χ2v) is 5.25. The first-order chi connectivity index (χ1) is 10.7. The molecule has 0 saturated heterocycles. The van der Waals surface area contributed by atoms with E-state index < -0.39 is 0 Å². The zero-order valence-corrected chi connectivity index (χ0v) is 12.8. The van der Waals surface area contributed by atoms with Crippen LogP contribution in [0.5, 0.6) is 0 Å². The highest BCUT2D eigenvalue weighted by Crippen LogP contribution is 2.17. The average molecular weight is 298 g/mol. The van der Waals surface area contributed by atoms with E-state index in [0.717, 1.165) is 12.2 Å². The van der Waals surface area contributed by atoms with Gasteiger partial charge in [0.25, 0.3) is 5.91 Å². The lowest BCUT2D eigenvalue weighted by atomic mass is 10.0. The van der Waals surface area contributed by atoms with Crippen molar-refractivity contribution in [3.8, 4) is 0 Å². The van der Waals surface area contributed by atoms with Gasteiger partial charge in [0, 0.05) is 24.3 Å². The van der Waals surface area contributed by atoms with Gasteiger partial charge >= 0.3 is 0 Å². The fourth-order valence-corrected chi connectivity index (χ4v) is 2.21. The molecule has 0 spiro atoms. The maximum Gasteiger partial charge on any atom is 0.251 e. The second-order valence-electron chi connectivity index (χ2n) is 5.25. The second kappa shape index (κ2) is 8.20. The third-order valence-corrected chi connectivity index (χ3v) is 3.50. The number of carbonyl (C=O) groups excluding carboxylic acids is 1. The fourth-order valence-electron chi connectivity index (χ4n) is 2.21. The van der Waals surface area contributed by atoms with Crippen molar-refractivity contribution in [1.29, 1.82) is 0 Å². The number of hydrogen-bond acceptors (Lipinski definition) is 3. The lowest BCUT2D eigenvalue weighted by molar-refractivity contribution is 0.0945. The lowest BCUT2D eigenvalue weighted by Crippen LogP contribution is -2.26. The molecule has 4 heteroatoms. The summed E-state index contributed by atoms with van der Waals surface area (Å²) in [5, 5.41) is 14.8. The minimum atomic E-state index is -0.172. The highest BCUT2D eigenvalue weighted by atomic mass is 16.3. The molecule has 2 rings (SSSR count). The number of hydrogen-bond donors (Lipinski definition) is 3. The van der Waals surface area contributed by atoms with Crippen molar-refractivity contribution in [2.45, 2.75) is 12.8 Å². The highest BCUT2D eigenvalue weighted by molar-refractivity contribution is 5.95. The van der Waals surface area contributed by atoms with Crippen LogP contribution in [0.4, 0.5) is 5.69 Å². The zero-order valence-electron chi connectivity index (χ0n) is 12.8. The summed E-state index contributed by atoms with van der Waals surface area (Å²) in [6, 6.07) is 17.7. The van der Waals surface area contributed by atoms with Crippen molar-refractivity contribution >= 4 is 11.6 Å². The monoisotopic (exact) mass is 298 g/mol. The third kappa shape index (κ3) is 4.60. The molecule has 0 radical (unpaired) electrons. The van der Waals surface area contributed by atoms with Crippen molar-refractivity contribution < 1.29 is 9.90 Å². The van der Waals surface area contributed by atoms with Gasteiger partial charge in [-0.1, -0.05) is 43.3 Å². The predicted octanol–water partition coefficient (Wildman–Crippen LogP) is 2.62. The molecule has 4 nitrogen and oxygen atoms in total. The molecule has 0 heterocycles. The van der Waals surface area contributed by atoms with Crippen LogP contribution in [0, 0.1) is 0 Å². The standard InChI is InChI=1S/C18H22N2O2/c1-14(15-6-3-2-4-7-15)13-20-17-9-5-8-16(12-17)18(22)19-10-11-21/h2-9,12,14,20-21H,10-11,13H2,1H3,(H,19,22)/t14-/m1/s1. The van der Waals surface area contributed by atoms with Crippen molar-refractivity contribution in [3.63, 3.8) is 0 Å². The summed E-state index contributed by atoms with van der Waals surface area (Å²) in [5.74, 6) is 0.210. The van der Waals surface area contributed by atoms with E-state index >= 15 is 0 Å². The first kappa shape index (κ1) is 16.0. The quantitative estimate of drug-likeness (QED) is 0.736. The Hall–Kier alpha value is -2.33. The Morgan fingerprint density at radius 3 is 2.64 bits per heavy atom. The molecule has 1 atom stereocenters. The summed E-state index contributed by atoms with van der Waals surface area (Å²) in [5.41, 5.74) is 2.79. The molecule has 0 fully saturated rings. The number of rotatable bonds is 7. The van der Waals surface area contributed by atoms with E-state index in [-0.39, 0.29) is 19.1 Å². The Morgan fingerprint density at radius 2 is 1.91 bits per heavy atom. The van der Waals surface area contributed by atoms with Gasteiger partial charge in [0.1, 0.15) is 0 Å². The van der Waals surface area contributed by atoms with Crippen LogP contribution in [0.3, 0.4) is 0 Å². The molecule has 0 unspecified atom stereocenters. The number of aliphatic hydroxyl groups excluding tert-OH is 1. The SMILES string of the molecule is C[C@H](CNc1cccc(C(=O)NCCO)c1)c1ccccc1. The van der Waals surface area contributed by atoms with Crippen LogP contribution in [-0.4, -0.2) is 30.7 Å². The topological polar surface area (TPSA) is 61.4 Å². The van der Waals surface area contributed by atoms with E-state index in [4.69, 9.17) is 5.11 Å². The number of anilines is 1. The van der Waals surface area contributed by atoms with Crippen LogP contribution in [0.25, 0.3) is 0 Å². The summed E-state index contributed by atoms with van der Waals surface area (Å²) >= 11 is 0. The van der Waals surface area contributed by atoms with E-state index in [1.165, 1.54) is 5.56 Å². The van der Waals surface area contributed by atoms with Crippen LogP contribution in [0.15, 0.2) is 54.6 Å². The van der Waals surface area contributed by atoms with Crippen LogP contribution in [0.1, 0.15) is 28.8 Å². The van der Waals surface area contributed by atoms with Gasteiger partial charge < -0.3 is 15.7 Å². The van der Waals surface area contributed by atoms with E-state index in [1.54, 1.807) is 6.07 Å². The zero-order chi connectivity index (χ0) is 15.8. The van der Waals surface area contributed by atoms with Crippen molar-refractivity contribution in [1.82, 2.24) is 5.32 Å². The molecule has 2 aromatic rings. The molecule has 0 bridgehead atoms.